The summed E-state index contributed by atoms with van der Waals surface area (Å²) in [7, 11) is 0. The number of rotatable bonds is 9. The van der Waals surface area contributed by atoms with E-state index in [4.69, 9.17) is 9.97 Å². The fraction of sp³-hybridized carbons (Fsp3) is 0. The first-order valence-electron chi connectivity index (χ1n) is 25.2. The topological polar surface area (TPSA) is 35.6 Å². The van der Waals surface area contributed by atoms with Gasteiger partial charge in [0.2, 0.25) is 0 Å². The smallest absolute Gasteiger partial charge is 0.160 e. The summed E-state index contributed by atoms with van der Waals surface area (Å²) in [4.78, 5) is 10.7. The molecule has 14 rings (SSSR count). The Balaban J connectivity index is 0.841. The van der Waals surface area contributed by atoms with Gasteiger partial charge in [0.25, 0.3) is 0 Å². The summed E-state index contributed by atoms with van der Waals surface area (Å²) in [5.74, 6) is 0.667. The van der Waals surface area contributed by atoms with Gasteiger partial charge in [-0.05, 0) is 111 Å². The molecule has 0 aliphatic rings. The Morgan fingerprint density at radius 1 is 0.203 bits per heavy atom. The predicted octanol–water partition coefficient (Wildman–Crippen LogP) is 18.3. The van der Waals surface area contributed by atoms with Crippen molar-refractivity contribution >= 4 is 43.6 Å². The predicted molar refractivity (Wildman–Crippen MR) is 309 cm³/mol. The number of para-hydroxylation sites is 4. The molecule has 3 aromatic heterocycles. The van der Waals surface area contributed by atoms with Crippen molar-refractivity contribution in [2.24, 2.45) is 0 Å². The highest BCUT2D eigenvalue weighted by molar-refractivity contribution is 6.10. The molecule has 0 N–H and O–H groups in total. The number of hydrogen-bond donors (Lipinski definition) is 0. The van der Waals surface area contributed by atoms with E-state index in [9.17, 15) is 0 Å². The minimum Gasteiger partial charge on any atom is -0.309 e. The van der Waals surface area contributed by atoms with Gasteiger partial charge in [0, 0.05) is 49.6 Å². The summed E-state index contributed by atoms with van der Waals surface area (Å²) in [6.45, 7) is 0. The van der Waals surface area contributed by atoms with Crippen LogP contribution in [0.2, 0.25) is 0 Å². The molecular formula is C70H46N4. The molecule has 0 amide bonds. The second-order valence-electron chi connectivity index (χ2n) is 19.0. The lowest BCUT2D eigenvalue weighted by atomic mass is 9.96. The highest BCUT2D eigenvalue weighted by Gasteiger charge is 2.17. The van der Waals surface area contributed by atoms with E-state index >= 15 is 0 Å². The largest absolute Gasteiger partial charge is 0.309 e. The average molecular weight is 943 g/mol. The molecular weight excluding hydrogens is 897 g/mol. The van der Waals surface area contributed by atoms with Gasteiger partial charge >= 0.3 is 0 Å². The monoisotopic (exact) mass is 942 g/mol. The lowest BCUT2D eigenvalue weighted by Gasteiger charge is -2.13. The van der Waals surface area contributed by atoms with E-state index < -0.39 is 0 Å². The van der Waals surface area contributed by atoms with E-state index in [1.807, 2.05) is 0 Å². The van der Waals surface area contributed by atoms with Crippen LogP contribution in [0.3, 0.4) is 0 Å². The van der Waals surface area contributed by atoms with Gasteiger partial charge in [0.1, 0.15) is 0 Å². The van der Waals surface area contributed by atoms with Crippen LogP contribution in [0.5, 0.6) is 0 Å². The van der Waals surface area contributed by atoms with Gasteiger partial charge < -0.3 is 9.13 Å². The molecule has 0 atom stereocenters. The maximum Gasteiger partial charge on any atom is 0.160 e. The lowest BCUT2D eigenvalue weighted by molar-refractivity contribution is 1.16. The van der Waals surface area contributed by atoms with Gasteiger partial charge in [-0.2, -0.15) is 0 Å². The SMILES string of the molecule is c1ccc(-c2cccc(-c3cccc(-c4ccc(-c5nc(-c6ccc(-c7cccc(-n8c9ccccc9c9ccccc98)c7)cc6)cc(-c6cccc(-n7c8ccccc8c8ccccc87)c6)n5)cc4)c3)c2)cc1. The first-order chi connectivity index (χ1) is 36.7. The molecule has 4 heteroatoms. The molecule has 0 unspecified atom stereocenters. The average Bonchev–Trinajstić information content (AvgIpc) is 4.01. The summed E-state index contributed by atoms with van der Waals surface area (Å²) in [6, 6.07) is 100. The van der Waals surface area contributed by atoms with Crippen molar-refractivity contribution in [1.82, 2.24) is 19.1 Å². The number of benzene rings is 11. The molecule has 0 fully saturated rings. The number of aromatic nitrogens is 4. The van der Waals surface area contributed by atoms with E-state index in [0.717, 1.165) is 61.7 Å². The molecule has 4 nitrogen and oxygen atoms in total. The van der Waals surface area contributed by atoms with E-state index in [1.54, 1.807) is 0 Å². The van der Waals surface area contributed by atoms with Crippen molar-refractivity contribution in [2.45, 2.75) is 0 Å². The van der Waals surface area contributed by atoms with Crippen LogP contribution in [0.15, 0.2) is 279 Å². The van der Waals surface area contributed by atoms with Crippen molar-refractivity contribution in [3.63, 3.8) is 0 Å². The van der Waals surface area contributed by atoms with Crippen LogP contribution in [-0.4, -0.2) is 19.1 Å². The standard InChI is InChI=1S/C70H46N4/c1-2-16-47(17-3-1)52-18-12-20-54(42-52)55-21-13-19-53(43-55)48-36-40-51(41-37-48)70-71-64(46-65(72-70)57-23-15-25-59(45-57)74-68-32-10-6-28-62(68)63-29-7-11-33-69(63)74)50-38-34-49(35-39-50)56-22-14-24-58(44-56)73-66-30-8-4-26-60(66)61-27-5-9-31-67(61)73/h1-46H. The van der Waals surface area contributed by atoms with Gasteiger partial charge in [-0.1, -0.05) is 212 Å². The number of nitrogens with zero attached hydrogens (tertiary/aromatic N) is 4. The Hall–Kier alpha value is -9.90. The Morgan fingerprint density at radius 3 is 0.986 bits per heavy atom. The fourth-order valence-electron chi connectivity index (χ4n) is 10.9. The van der Waals surface area contributed by atoms with E-state index in [1.165, 1.54) is 65.9 Å². The molecule has 0 spiro atoms. The molecule has 0 bridgehead atoms. The van der Waals surface area contributed by atoms with Crippen molar-refractivity contribution in [3.05, 3.63) is 279 Å². The molecule has 3 heterocycles. The Bertz CT molecular complexity index is 4300. The maximum atomic E-state index is 5.36. The number of fused-ring (bicyclic) bond motifs is 6. The molecule has 0 saturated carbocycles. The van der Waals surface area contributed by atoms with Crippen LogP contribution in [0.25, 0.3) is 133 Å². The minimum atomic E-state index is 0.667. The summed E-state index contributed by atoms with van der Waals surface area (Å²) in [5, 5.41) is 4.97. The zero-order chi connectivity index (χ0) is 49.0. The minimum absolute atomic E-state index is 0.667. The van der Waals surface area contributed by atoms with E-state index in [0.29, 0.717) is 5.82 Å². The second-order valence-corrected chi connectivity index (χ2v) is 19.0. The normalized spacial score (nSPS) is 11.5. The van der Waals surface area contributed by atoms with Crippen LogP contribution >= 0.6 is 0 Å². The van der Waals surface area contributed by atoms with Gasteiger partial charge in [0.15, 0.2) is 5.82 Å². The zero-order valence-electron chi connectivity index (χ0n) is 40.3. The summed E-state index contributed by atoms with van der Waals surface area (Å²) in [5.41, 5.74) is 20.9. The van der Waals surface area contributed by atoms with Crippen LogP contribution < -0.4 is 0 Å². The summed E-state index contributed by atoms with van der Waals surface area (Å²) in [6.07, 6.45) is 0. The van der Waals surface area contributed by atoms with Crippen molar-refractivity contribution in [3.8, 4) is 89.8 Å². The first kappa shape index (κ1) is 42.9. The van der Waals surface area contributed by atoms with Crippen molar-refractivity contribution < 1.29 is 0 Å². The molecule has 0 saturated heterocycles. The quantitative estimate of drug-likeness (QED) is 0.145. The highest BCUT2D eigenvalue weighted by atomic mass is 15.0. The zero-order valence-corrected chi connectivity index (χ0v) is 40.3. The lowest BCUT2D eigenvalue weighted by Crippen LogP contribution is -1.98. The van der Waals surface area contributed by atoms with Crippen LogP contribution in [0.4, 0.5) is 0 Å². The first-order valence-corrected chi connectivity index (χ1v) is 25.2. The summed E-state index contributed by atoms with van der Waals surface area (Å²) < 4.78 is 4.73. The molecule has 0 aliphatic heterocycles. The number of hydrogen-bond acceptors (Lipinski definition) is 2. The Kier molecular flexibility index (Phi) is 10.5. The fourth-order valence-corrected chi connectivity index (χ4v) is 10.9. The van der Waals surface area contributed by atoms with E-state index in [-0.39, 0.29) is 0 Å². The van der Waals surface area contributed by atoms with Crippen LogP contribution in [0, 0.1) is 0 Å². The second kappa shape index (κ2) is 18.1. The van der Waals surface area contributed by atoms with Gasteiger partial charge in [-0.15, -0.1) is 0 Å². The van der Waals surface area contributed by atoms with E-state index in [2.05, 4.69) is 288 Å². The highest BCUT2D eigenvalue weighted by Crippen LogP contribution is 2.38. The molecule has 0 radical (unpaired) electrons. The van der Waals surface area contributed by atoms with Crippen LogP contribution in [-0.2, 0) is 0 Å². The van der Waals surface area contributed by atoms with Gasteiger partial charge in [-0.25, -0.2) is 9.97 Å². The summed E-state index contributed by atoms with van der Waals surface area (Å²) >= 11 is 0. The molecule has 11 aromatic carbocycles. The van der Waals surface area contributed by atoms with Crippen molar-refractivity contribution in [2.75, 3.05) is 0 Å². The third kappa shape index (κ3) is 7.65. The van der Waals surface area contributed by atoms with Crippen molar-refractivity contribution in [1.29, 1.82) is 0 Å². The van der Waals surface area contributed by atoms with Crippen LogP contribution in [0.1, 0.15) is 0 Å². The maximum absolute atomic E-state index is 5.36. The van der Waals surface area contributed by atoms with Gasteiger partial charge in [0.05, 0.1) is 33.5 Å². The third-order valence-corrected chi connectivity index (χ3v) is 14.5. The molecule has 74 heavy (non-hydrogen) atoms. The Morgan fingerprint density at radius 2 is 0.514 bits per heavy atom. The van der Waals surface area contributed by atoms with Gasteiger partial charge in [-0.3, -0.25) is 0 Å². The molecule has 346 valence electrons. The Labute approximate surface area is 429 Å². The molecule has 14 aromatic rings. The third-order valence-electron chi connectivity index (χ3n) is 14.5. The molecule has 0 aliphatic carbocycles.